The molecule has 0 N–H and O–H groups in total. The molecule has 6 heteroatoms. The second kappa shape index (κ2) is 4.65. The summed E-state index contributed by atoms with van der Waals surface area (Å²) in [4.78, 5) is 14.2. The maximum absolute atomic E-state index is 10.7. The maximum atomic E-state index is 10.7. The van der Waals surface area contributed by atoms with Crippen LogP contribution >= 0.6 is 11.6 Å². The highest BCUT2D eigenvalue weighted by Gasteiger charge is 2.16. The van der Waals surface area contributed by atoms with E-state index in [-0.39, 0.29) is 10.7 Å². The molecule has 0 aliphatic rings. The predicted octanol–water partition coefficient (Wildman–Crippen LogP) is 2.94. The number of hydrogen-bond acceptors (Lipinski definition) is 4. The molecule has 0 aliphatic carbocycles. The molecule has 88 valence electrons. The van der Waals surface area contributed by atoms with Crippen LogP contribution in [0.25, 0.3) is 10.9 Å². The number of ether oxygens (including phenoxy) is 1. The Balaban J connectivity index is 2.64. The summed E-state index contributed by atoms with van der Waals surface area (Å²) in [5.74, 6) is 0. The SMILES string of the molecule is COCc1ccc2ncc([N+](=O)[O-])c(Cl)c2c1. The van der Waals surface area contributed by atoms with Gasteiger partial charge in [-0.15, -0.1) is 0 Å². The lowest BCUT2D eigenvalue weighted by atomic mass is 10.1. The molecule has 1 aromatic carbocycles. The minimum absolute atomic E-state index is 0.109. The number of nitro groups is 1. The Bertz CT molecular complexity index is 586. The Hall–Kier alpha value is -1.72. The Morgan fingerprint density at radius 2 is 2.29 bits per heavy atom. The molecule has 0 saturated carbocycles. The standard InChI is InChI=1S/C11H9ClN2O3/c1-17-6-7-2-3-9-8(4-7)11(12)10(5-13-9)14(15)16/h2-5H,6H2,1H3. The molecular weight excluding hydrogens is 244 g/mol. The first-order chi connectivity index (χ1) is 8.13. The van der Waals surface area contributed by atoms with Gasteiger partial charge in [0.15, 0.2) is 0 Å². The van der Waals surface area contributed by atoms with Gasteiger partial charge in [-0.05, 0) is 17.7 Å². The zero-order chi connectivity index (χ0) is 12.4. The van der Waals surface area contributed by atoms with Gasteiger partial charge in [0.25, 0.3) is 0 Å². The van der Waals surface area contributed by atoms with Gasteiger partial charge in [0.05, 0.1) is 17.0 Å². The van der Waals surface area contributed by atoms with E-state index in [0.29, 0.717) is 17.5 Å². The zero-order valence-corrected chi connectivity index (χ0v) is 9.77. The number of halogens is 1. The number of aromatic nitrogens is 1. The zero-order valence-electron chi connectivity index (χ0n) is 9.01. The summed E-state index contributed by atoms with van der Waals surface area (Å²) in [6.45, 7) is 0.426. The van der Waals surface area contributed by atoms with Crippen LogP contribution in [-0.2, 0) is 11.3 Å². The van der Waals surface area contributed by atoms with E-state index in [4.69, 9.17) is 16.3 Å². The Morgan fingerprint density at radius 1 is 1.53 bits per heavy atom. The molecule has 0 spiro atoms. The molecule has 1 heterocycles. The molecule has 2 rings (SSSR count). The van der Waals surface area contributed by atoms with Gasteiger partial charge in [0, 0.05) is 12.5 Å². The van der Waals surface area contributed by atoms with E-state index in [1.807, 2.05) is 6.07 Å². The van der Waals surface area contributed by atoms with E-state index in [0.717, 1.165) is 5.56 Å². The first-order valence-corrected chi connectivity index (χ1v) is 5.21. The van der Waals surface area contributed by atoms with E-state index >= 15 is 0 Å². The van der Waals surface area contributed by atoms with E-state index < -0.39 is 4.92 Å². The third-order valence-electron chi connectivity index (χ3n) is 2.36. The predicted molar refractivity (Wildman–Crippen MR) is 64.1 cm³/mol. The van der Waals surface area contributed by atoms with Crippen LogP contribution in [0.15, 0.2) is 24.4 Å². The molecule has 0 radical (unpaired) electrons. The van der Waals surface area contributed by atoms with Gasteiger partial charge >= 0.3 is 5.69 Å². The van der Waals surface area contributed by atoms with Crippen LogP contribution in [0.2, 0.25) is 5.02 Å². The molecule has 1 aromatic heterocycles. The summed E-state index contributed by atoms with van der Waals surface area (Å²) in [7, 11) is 1.58. The van der Waals surface area contributed by atoms with E-state index in [1.54, 1.807) is 19.2 Å². The third-order valence-corrected chi connectivity index (χ3v) is 2.75. The minimum Gasteiger partial charge on any atom is -0.380 e. The number of fused-ring (bicyclic) bond motifs is 1. The van der Waals surface area contributed by atoms with Crippen molar-refractivity contribution in [2.45, 2.75) is 6.61 Å². The van der Waals surface area contributed by atoms with Gasteiger partial charge in [-0.2, -0.15) is 0 Å². The number of nitrogens with zero attached hydrogens (tertiary/aromatic N) is 2. The molecular formula is C11H9ClN2O3. The summed E-state index contributed by atoms with van der Waals surface area (Å²) < 4.78 is 5.00. The number of methoxy groups -OCH3 is 1. The van der Waals surface area contributed by atoms with E-state index in [2.05, 4.69) is 4.98 Å². The van der Waals surface area contributed by atoms with Crippen molar-refractivity contribution in [1.82, 2.24) is 4.98 Å². The normalized spacial score (nSPS) is 10.7. The molecule has 0 aliphatic heterocycles. The second-order valence-corrected chi connectivity index (χ2v) is 3.88. The van der Waals surface area contributed by atoms with Gasteiger partial charge in [0.1, 0.15) is 11.2 Å². The summed E-state index contributed by atoms with van der Waals surface area (Å²) >= 11 is 5.99. The smallest absolute Gasteiger partial charge is 0.306 e. The summed E-state index contributed by atoms with van der Waals surface area (Å²) in [6.07, 6.45) is 1.17. The lowest BCUT2D eigenvalue weighted by molar-refractivity contribution is -0.384. The quantitative estimate of drug-likeness (QED) is 0.622. The van der Waals surface area contributed by atoms with Crippen molar-refractivity contribution in [3.05, 3.63) is 45.1 Å². The number of rotatable bonds is 3. The molecule has 0 fully saturated rings. The van der Waals surface area contributed by atoms with Crippen LogP contribution in [0.3, 0.4) is 0 Å². The number of hydrogen-bond donors (Lipinski definition) is 0. The summed E-state index contributed by atoms with van der Waals surface area (Å²) in [6, 6.07) is 5.36. The average molecular weight is 253 g/mol. The van der Waals surface area contributed by atoms with Crippen LogP contribution < -0.4 is 0 Å². The van der Waals surface area contributed by atoms with Crippen molar-refractivity contribution >= 4 is 28.2 Å². The van der Waals surface area contributed by atoms with E-state index in [9.17, 15) is 10.1 Å². The van der Waals surface area contributed by atoms with Gasteiger partial charge < -0.3 is 4.74 Å². The summed E-state index contributed by atoms with van der Waals surface area (Å²) in [5, 5.41) is 11.4. The minimum atomic E-state index is -0.544. The van der Waals surface area contributed by atoms with Crippen molar-refractivity contribution in [1.29, 1.82) is 0 Å². The lowest BCUT2D eigenvalue weighted by Crippen LogP contribution is -1.93. The lowest BCUT2D eigenvalue weighted by Gasteiger charge is -2.04. The van der Waals surface area contributed by atoms with E-state index in [1.165, 1.54) is 6.20 Å². The summed E-state index contributed by atoms with van der Waals surface area (Å²) in [5.41, 5.74) is 1.33. The highest BCUT2D eigenvalue weighted by Crippen LogP contribution is 2.31. The van der Waals surface area contributed by atoms with Crippen molar-refractivity contribution in [2.75, 3.05) is 7.11 Å². The Kier molecular flexibility index (Phi) is 3.21. The third kappa shape index (κ3) is 2.20. The monoisotopic (exact) mass is 252 g/mol. The molecule has 0 amide bonds. The highest BCUT2D eigenvalue weighted by atomic mass is 35.5. The Labute approximate surface area is 102 Å². The Morgan fingerprint density at radius 3 is 2.94 bits per heavy atom. The molecule has 2 aromatic rings. The van der Waals surface area contributed by atoms with Crippen molar-refractivity contribution < 1.29 is 9.66 Å². The molecule has 0 unspecified atom stereocenters. The highest BCUT2D eigenvalue weighted by molar-refractivity contribution is 6.37. The van der Waals surface area contributed by atoms with Crippen molar-refractivity contribution in [3.63, 3.8) is 0 Å². The van der Waals surface area contributed by atoms with Gasteiger partial charge in [-0.1, -0.05) is 17.7 Å². The van der Waals surface area contributed by atoms with Crippen molar-refractivity contribution in [2.24, 2.45) is 0 Å². The molecule has 17 heavy (non-hydrogen) atoms. The number of pyridine rings is 1. The molecule has 0 bridgehead atoms. The fraction of sp³-hybridized carbons (Fsp3) is 0.182. The van der Waals surface area contributed by atoms with Crippen LogP contribution in [0.5, 0.6) is 0 Å². The molecule has 0 atom stereocenters. The van der Waals surface area contributed by atoms with Crippen LogP contribution in [0.1, 0.15) is 5.56 Å². The first-order valence-electron chi connectivity index (χ1n) is 4.84. The van der Waals surface area contributed by atoms with Gasteiger partial charge in [-0.25, -0.2) is 4.98 Å². The molecule has 5 nitrogen and oxygen atoms in total. The fourth-order valence-electron chi connectivity index (χ4n) is 1.58. The topological polar surface area (TPSA) is 65.3 Å². The first kappa shape index (κ1) is 11.8. The largest absolute Gasteiger partial charge is 0.380 e. The second-order valence-electron chi connectivity index (χ2n) is 3.50. The molecule has 0 saturated heterocycles. The van der Waals surface area contributed by atoms with Crippen molar-refractivity contribution in [3.8, 4) is 0 Å². The van der Waals surface area contributed by atoms with Gasteiger partial charge in [0.2, 0.25) is 0 Å². The average Bonchev–Trinajstić information content (AvgIpc) is 2.30. The van der Waals surface area contributed by atoms with Crippen LogP contribution in [0.4, 0.5) is 5.69 Å². The van der Waals surface area contributed by atoms with Crippen LogP contribution in [0, 0.1) is 10.1 Å². The fourth-order valence-corrected chi connectivity index (χ4v) is 1.85. The number of benzene rings is 1. The maximum Gasteiger partial charge on any atom is 0.306 e. The van der Waals surface area contributed by atoms with Crippen LogP contribution in [-0.4, -0.2) is 17.0 Å². The van der Waals surface area contributed by atoms with Gasteiger partial charge in [-0.3, -0.25) is 10.1 Å².